The zero-order valence-electron chi connectivity index (χ0n) is 10.6. The molecule has 8 heteroatoms. The van der Waals surface area contributed by atoms with E-state index in [1.807, 2.05) is 0 Å². The monoisotopic (exact) mass is 266 g/mol. The van der Waals surface area contributed by atoms with Gasteiger partial charge in [0.25, 0.3) is 10.2 Å². The quantitative estimate of drug-likeness (QED) is 0.504. The van der Waals surface area contributed by atoms with E-state index < -0.39 is 16.3 Å². The number of nitrogens with one attached hydrogen (secondary N) is 2. The van der Waals surface area contributed by atoms with Crippen LogP contribution in [0.15, 0.2) is 0 Å². The molecule has 0 bridgehead atoms. The second-order valence-electron chi connectivity index (χ2n) is 3.70. The Hall–Kier alpha value is -0.700. The molecule has 0 aliphatic rings. The Kier molecular flexibility index (Phi) is 7.28. The molecule has 0 rings (SSSR count). The number of nitrogens with zero attached hydrogens (tertiary/aromatic N) is 1. The van der Waals surface area contributed by atoms with Crippen LogP contribution in [-0.4, -0.2) is 51.4 Å². The summed E-state index contributed by atoms with van der Waals surface area (Å²) < 4.78 is 26.9. The van der Waals surface area contributed by atoms with Gasteiger partial charge in [-0.05, 0) is 26.8 Å². The van der Waals surface area contributed by atoms with Crippen molar-refractivity contribution in [2.24, 2.45) is 5.73 Å². The van der Waals surface area contributed by atoms with Gasteiger partial charge < -0.3 is 11.1 Å². The van der Waals surface area contributed by atoms with Crippen LogP contribution in [0.1, 0.15) is 20.3 Å². The fraction of sp³-hybridized carbons (Fsp3) is 0.889. The summed E-state index contributed by atoms with van der Waals surface area (Å²) in [6.07, 6.45) is 0.576. The molecule has 0 aliphatic carbocycles. The number of amides is 1. The van der Waals surface area contributed by atoms with E-state index in [0.29, 0.717) is 26.1 Å². The molecule has 1 amide bonds. The van der Waals surface area contributed by atoms with Crippen LogP contribution in [-0.2, 0) is 15.0 Å². The molecule has 0 fully saturated rings. The fourth-order valence-electron chi connectivity index (χ4n) is 1.13. The van der Waals surface area contributed by atoms with Crippen molar-refractivity contribution in [1.29, 1.82) is 0 Å². The fourth-order valence-corrected chi connectivity index (χ4v) is 2.23. The third-order valence-corrected chi connectivity index (χ3v) is 3.81. The van der Waals surface area contributed by atoms with Crippen molar-refractivity contribution in [3.8, 4) is 0 Å². The van der Waals surface area contributed by atoms with Gasteiger partial charge in [0.15, 0.2) is 0 Å². The first-order valence-electron chi connectivity index (χ1n) is 5.56. The third-order valence-electron chi connectivity index (χ3n) is 2.16. The predicted molar refractivity (Wildman–Crippen MR) is 66.5 cm³/mol. The molecule has 0 radical (unpaired) electrons. The van der Waals surface area contributed by atoms with Crippen LogP contribution in [0.2, 0.25) is 0 Å². The van der Waals surface area contributed by atoms with Crippen molar-refractivity contribution in [3.05, 3.63) is 0 Å². The van der Waals surface area contributed by atoms with Crippen LogP contribution in [0.5, 0.6) is 0 Å². The van der Waals surface area contributed by atoms with Gasteiger partial charge in [-0.2, -0.15) is 17.4 Å². The molecule has 0 saturated heterocycles. The highest BCUT2D eigenvalue weighted by Crippen LogP contribution is 1.97. The molecule has 0 heterocycles. The second-order valence-corrected chi connectivity index (χ2v) is 5.51. The Morgan fingerprint density at radius 3 is 2.53 bits per heavy atom. The highest BCUT2D eigenvalue weighted by molar-refractivity contribution is 7.87. The van der Waals surface area contributed by atoms with Crippen molar-refractivity contribution >= 4 is 16.1 Å². The van der Waals surface area contributed by atoms with Gasteiger partial charge in [-0.15, -0.1) is 0 Å². The average molecular weight is 266 g/mol. The van der Waals surface area contributed by atoms with Gasteiger partial charge in [-0.25, -0.2) is 0 Å². The van der Waals surface area contributed by atoms with Crippen molar-refractivity contribution < 1.29 is 13.2 Å². The lowest BCUT2D eigenvalue weighted by Gasteiger charge is -2.20. The summed E-state index contributed by atoms with van der Waals surface area (Å²) in [5, 5.41) is 2.55. The summed E-state index contributed by atoms with van der Waals surface area (Å²) in [5.74, 6) is -0.344. The maximum atomic E-state index is 11.7. The highest BCUT2D eigenvalue weighted by atomic mass is 32.2. The highest BCUT2D eigenvalue weighted by Gasteiger charge is 2.23. The molecule has 1 atom stereocenters. The number of likely N-dealkylation sites (N-methyl/N-ethyl adjacent to an activating group) is 1. The molecule has 4 N–H and O–H groups in total. The number of carbonyl (C=O) groups excluding carboxylic acids is 1. The number of nitrogens with two attached hydrogens (primary N) is 1. The van der Waals surface area contributed by atoms with Crippen molar-refractivity contribution in [3.63, 3.8) is 0 Å². The zero-order chi connectivity index (χ0) is 13.5. The first-order valence-corrected chi connectivity index (χ1v) is 7.00. The van der Waals surface area contributed by atoms with Gasteiger partial charge in [-0.3, -0.25) is 4.79 Å². The van der Waals surface area contributed by atoms with E-state index >= 15 is 0 Å². The summed E-state index contributed by atoms with van der Waals surface area (Å²) in [7, 11) is -2.18. The predicted octanol–water partition coefficient (Wildman–Crippen LogP) is -1.37. The Bertz CT molecular complexity index is 331. The second kappa shape index (κ2) is 7.59. The summed E-state index contributed by atoms with van der Waals surface area (Å²) in [6.45, 7) is 4.49. The SMILES string of the molecule is CCNC(=O)C(C)NS(=O)(=O)N(C)CCCN. The minimum absolute atomic E-state index is 0.327. The first kappa shape index (κ1) is 16.3. The van der Waals surface area contributed by atoms with Crippen molar-refractivity contribution in [2.75, 3.05) is 26.7 Å². The number of rotatable bonds is 8. The van der Waals surface area contributed by atoms with Gasteiger partial charge >= 0.3 is 0 Å². The van der Waals surface area contributed by atoms with E-state index in [1.54, 1.807) is 6.92 Å². The lowest BCUT2D eigenvalue weighted by molar-refractivity contribution is -0.122. The van der Waals surface area contributed by atoms with Crippen LogP contribution in [0.3, 0.4) is 0 Å². The molecule has 0 spiro atoms. The molecule has 102 valence electrons. The summed E-state index contributed by atoms with van der Waals surface area (Å²) >= 11 is 0. The minimum Gasteiger partial charge on any atom is -0.355 e. The Labute approximate surface area is 103 Å². The molecule has 17 heavy (non-hydrogen) atoms. The van der Waals surface area contributed by atoms with E-state index in [-0.39, 0.29) is 5.91 Å². The van der Waals surface area contributed by atoms with E-state index in [2.05, 4.69) is 10.0 Å². The Balaban J connectivity index is 4.38. The molecule has 0 aromatic rings. The van der Waals surface area contributed by atoms with Crippen LogP contribution < -0.4 is 15.8 Å². The molecule has 7 nitrogen and oxygen atoms in total. The summed E-state index contributed by atoms with van der Waals surface area (Å²) in [4.78, 5) is 11.4. The molecule has 1 unspecified atom stereocenters. The molecule has 0 saturated carbocycles. The van der Waals surface area contributed by atoms with Crippen molar-refractivity contribution in [2.45, 2.75) is 26.3 Å². The average Bonchev–Trinajstić information content (AvgIpc) is 2.25. The maximum Gasteiger partial charge on any atom is 0.279 e. The van der Waals surface area contributed by atoms with E-state index in [0.717, 1.165) is 4.31 Å². The molecular formula is C9H22N4O3S. The normalized spacial score (nSPS) is 13.7. The Morgan fingerprint density at radius 1 is 1.47 bits per heavy atom. The minimum atomic E-state index is -3.63. The van der Waals surface area contributed by atoms with Gasteiger partial charge in [0.05, 0.1) is 6.04 Å². The van der Waals surface area contributed by atoms with Crippen molar-refractivity contribution in [1.82, 2.24) is 14.3 Å². The first-order chi connectivity index (χ1) is 7.85. The third kappa shape index (κ3) is 5.97. The summed E-state index contributed by atoms with van der Waals surface area (Å²) in [6, 6.07) is -0.791. The molecular weight excluding hydrogens is 244 g/mol. The van der Waals surface area contributed by atoms with Gasteiger partial charge in [0.1, 0.15) is 0 Å². The van der Waals surface area contributed by atoms with E-state index in [9.17, 15) is 13.2 Å². The molecule has 0 aromatic heterocycles. The van der Waals surface area contributed by atoms with E-state index in [1.165, 1.54) is 14.0 Å². The Morgan fingerprint density at radius 2 is 2.06 bits per heavy atom. The van der Waals surface area contributed by atoms with Crippen LogP contribution in [0, 0.1) is 0 Å². The number of hydrogen-bond acceptors (Lipinski definition) is 4. The molecule has 0 aromatic carbocycles. The lowest BCUT2D eigenvalue weighted by Crippen LogP contribution is -2.49. The number of hydrogen-bond donors (Lipinski definition) is 3. The largest absolute Gasteiger partial charge is 0.355 e. The lowest BCUT2D eigenvalue weighted by atomic mass is 10.3. The number of carbonyl (C=O) groups is 1. The standard InChI is InChI=1S/C9H22N4O3S/c1-4-11-9(14)8(2)12-17(15,16)13(3)7-5-6-10/h8,12H,4-7,10H2,1-3H3,(H,11,14). The smallest absolute Gasteiger partial charge is 0.279 e. The van der Waals surface area contributed by atoms with Crippen LogP contribution >= 0.6 is 0 Å². The molecule has 0 aliphatic heterocycles. The summed E-state index contributed by atoms with van der Waals surface area (Å²) in [5.41, 5.74) is 5.30. The van der Waals surface area contributed by atoms with Gasteiger partial charge in [0.2, 0.25) is 5.91 Å². The van der Waals surface area contributed by atoms with E-state index in [4.69, 9.17) is 5.73 Å². The van der Waals surface area contributed by atoms with Gasteiger partial charge in [-0.1, -0.05) is 0 Å². The van der Waals surface area contributed by atoms with Crippen LogP contribution in [0.25, 0.3) is 0 Å². The topological polar surface area (TPSA) is 105 Å². The zero-order valence-corrected chi connectivity index (χ0v) is 11.4. The maximum absolute atomic E-state index is 11.7. The van der Waals surface area contributed by atoms with Crippen LogP contribution in [0.4, 0.5) is 0 Å². The van der Waals surface area contributed by atoms with Gasteiger partial charge in [0, 0.05) is 20.1 Å².